The van der Waals surface area contributed by atoms with Crippen LogP contribution in [0.5, 0.6) is 5.75 Å². The van der Waals surface area contributed by atoms with Crippen LogP contribution in [0.25, 0.3) is 22.4 Å². The number of hydrogen-bond donors (Lipinski definition) is 5. The third kappa shape index (κ3) is 6.69. The number of rotatable bonds is 8. The minimum atomic E-state index is -0.815. The molecule has 0 unspecified atom stereocenters. The fourth-order valence-corrected chi connectivity index (χ4v) is 5.78. The van der Waals surface area contributed by atoms with Gasteiger partial charge in [0, 0.05) is 44.5 Å². The summed E-state index contributed by atoms with van der Waals surface area (Å²) in [6, 6.07) is 11.5. The van der Waals surface area contributed by atoms with Gasteiger partial charge >= 0.3 is 0 Å². The van der Waals surface area contributed by atoms with Gasteiger partial charge in [-0.2, -0.15) is 0 Å². The first-order valence-electron chi connectivity index (χ1n) is 13.2. The number of nitrogens with zero attached hydrogens (tertiary/aromatic N) is 2. The maximum atomic E-state index is 13.0. The van der Waals surface area contributed by atoms with Gasteiger partial charge in [0.15, 0.2) is 0 Å². The second kappa shape index (κ2) is 13.0. The number of piperidine rings is 1. The minimum Gasteiger partial charge on any atom is -0.496 e. The van der Waals surface area contributed by atoms with E-state index in [1.807, 2.05) is 13.0 Å². The van der Waals surface area contributed by atoms with Crippen LogP contribution in [-0.4, -0.2) is 58.8 Å². The van der Waals surface area contributed by atoms with E-state index in [9.17, 15) is 14.7 Å². The summed E-state index contributed by atoms with van der Waals surface area (Å²) >= 11 is 3.45. The number of methoxy groups -OCH3 is 1. The Bertz CT molecular complexity index is 1600. The summed E-state index contributed by atoms with van der Waals surface area (Å²) in [5.41, 5.74) is 5.07. The standard InChI is InChI=1S/C29H33BrN6O4.ClH/c1-16-12-20(36-10-7-19(8-11-36)33-17(2)37)14-23-27(16)35-28(34-23)26-22(6-9-31-29(26)39)32-15-24(38)18-4-5-25(40-3)21(30)13-18;/h4-6,9,12-14,19,24,38H,7-8,10-11,15H2,1-3H3,(H,33,37)(H,34,35)(H2,31,32,39);1H/t24-;/m1./s1. The maximum Gasteiger partial charge on any atom is 0.261 e. The predicted octanol–water partition coefficient (Wildman–Crippen LogP) is 4.67. The third-order valence-corrected chi connectivity index (χ3v) is 7.89. The largest absolute Gasteiger partial charge is 0.496 e. The summed E-state index contributed by atoms with van der Waals surface area (Å²) in [6.45, 7) is 5.44. The zero-order valence-corrected chi connectivity index (χ0v) is 25.5. The van der Waals surface area contributed by atoms with Crippen molar-refractivity contribution in [1.82, 2.24) is 20.3 Å². The van der Waals surface area contributed by atoms with Gasteiger partial charge in [-0.3, -0.25) is 9.59 Å². The molecule has 3 heterocycles. The molecule has 0 aliphatic carbocycles. The second-order valence-corrected chi connectivity index (χ2v) is 10.9. The Morgan fingerprint density at radius 1 is 1.24 bits per heavy atom. The van der Waals surface area contributed by atoms with Crippen LogP contribution in [0.4, 0.5) is 11.4 Å². The maximum absolute atomic E-state index is 13.0. The number of hydrogen-bond acceptors (Lipinski definition) is 7. The quantitative estimate of drug-likeness (QED) is 0.188. The number of H-pyrrole nitrogens is 2. The third-order valence-electron chi connectivity index (χ3n) is 7.27. The smallest absolute Gasteiger partial charge is 0.261 e. The van der Waals surface area contributed by atoms with Gasteiger partial charge < -0.3 is 35.3 Å². The molecule has 1 aliphatic heterocycles. The van der Waals surface area contributed by atoms with E-state index in [-0.39, 0.29) is 36.5 Å². The van der Waals surface area contributed by atoms with Gasteiger partial charge in [-0.1, -0.05) is 6.07 Å². The highest BCUT2D eigenvalue weighted by Gasteiger charge is 2.22. The van der Waals surface area contributed by atoms with E-state index in [4.69, 9.17) is 9.72 Å². The Morgan fingerprint density at radius 3 is 2.68 bits per heavy atom. The molecule has 1 atom stereocenters. The van der Waals surface area contributed by atoms with Gasteiger partial charge in [0.2, 0.25) is 5.91 Å². The number of aromatic amines is 2. The summed E-state index contributed by atoms with van der Waals surface area (Å²) in [5, 5.41) is 17.0. The van der Waals surface area contributed by atoms with Crippen molar-refractivity contribution in [3.05, 3.63) is 68.5 Å². The lowest BCUT2D eigenvalue weighted by atomic mass is 10.0. The molecule has 0 spiro atoms. The number of fused-ring (bicyclic) bond motifs is 1. The van der Waals surface area contributed by atoms with Crippen molar-refractivity contribution in [2.75, 3.05) is 37.0 Å². The highest BCUT2D eigenvalue weighted by Crippen LogP contribution is 2.31. The molecule has 10 nitrogen and oxygen atoms in total. The van der Waals surface area contributed by atoms with Crippen molar-refractivity contribution in [3.63, 3.8) is 0 Å². The Hall–Kier alpha value is -3.54. The molecule has 41 heavy (non-hydrogen) atoms. The average Bonchev–Trinajstić information content (AvgIpc) is 3.36. The molecule has 0 bridgehead atoms. The summed E-state index contributed by atoms with van der Waals surface area (Å²) < 4.78 is 6.02. The normalized spacial score (nSPS) is 14.4. The van der Waals surface area contributed by atoms with Crippen molar-refractivity contribution < 1.29 is 14.6 Å². The van der Waals surface area contributed by atoms with E-state index in [1.54, 1.807) is 38.4 Å². The molecular formula is C29H34BrClN6O4. The molecule has 5 N–H and O–H groups in total. The zero-order chi connectivity index (χ0) is 28.4. The zero-order valence-electron chi connectivity index (χ0n) is 23.1. The molecular weight excluding hydrogens is 612 g/mol. The van der Waals surface area contributed by atoms with Crippen LogP contribution in [0.15, 0.2) is 51.9 Å². The summed E-state index contributed by atoms with van der Waals surface area (Å²) in [4.78, 5) is 37.6. The number of anilines is 2. The number of amides is 1. The SMILES string of the molecule is COc1ccc([C@H](O)CNc2cc[nH]c(=O)c2-c2nc3c(C)cc(N4CCC(NC(C)=O)CC4)cc3[nH]2)cc1Br.Cl. The number of aryl methyl sites for hydroxylation is 1. The van der Waals surface area contributed by atoms with Crippen LogP contribution in [0.1, 0.15) is 37.0 Å². The van der Waals surface area contributed by atoms with Crippen molar-refractivity contribution >= 4 is 56.7 Å². The van der Waals surface area contributed by atoms with E-state index in [2.05, 4.69) is 53.6 Å². The number of aliphatic hydroxyl groups is 1. The predicted molar refractivity (Wildman–Crippen MR) is 167 cm³/mol. The molecule has 2 aromatic carbocycles. The summed E-state index contributed by atoms with van der Waals surface area (Å²) in [6.07, 6.45) is 2.53. The van der Waals surface area contributed by atoms with Crippen LogP contribution in [-0.2, 0) is 4.79 Å². The molecule has 4 aromatic rings. The molecule has 1 fully saturated rings. The first kappa shape index (κ1) is 30.4. The van der Waals surface area contributed by atoms with Gasteiger partial charge in [-0.15, -0.1) is 12.4 Å². The number of imidazole rings is 1. The van der Waals surface area contributed by atoms with Crippen molar-refractivity contribution in [2.45, 2.75) is 38.8 Å². The monoisotopic (exact) mass is 644 g/mol. The van der Waals surface area contributed by atoms with Crippen LogP contribution in [0.2, 0.25) is 0 Å². The van der Waals surface area contributed by atoms with Gasteiger partial charge in [-0.25, -0.2) is 4.98 Å². The van der Waals surface area contributed by atoms with E-state index >= 15 is 0 Å². The number of carbonyl (C=O) groups is 1. The Labute approximate surface area is 252 Å². The summed E-state index contributed by atoms with van der Waals surface area (Å²) in [5.74, 6) is 1.14. The van der Waals surface area contributed by atoms with E-state index in [0.717, 1.165) is 52.7 Å². The second-order valence-electron chi connectivity index (χ2n) is 10.1. The van der Waals surface area contributed by atoms with E-state index in [0.29, 0.717) is 28.4 Å². The molecule has 12 heteroatoms. The number of ether oxygens (including phenoxy) is 1. The number of pyridine rings is 1. The number of halogens is 2. The van der Waals surface area contributed by atoms with Gasteiger partial charge in [-0.05, 0) is 77.2 Å². The number of benzene rings is 2. The van der Waals surface area contributed by atoms with Crippen LogP contribution < -0.4 is 25.8 Å². The van der Waals surface area contributed by atoms with Crippen molar-refractivity contribution in [1.29, 1.82) is 0 Å². The molecule has 218 valence electrons. The lowest BCUT2D eigenvalue weighted by molar-refractivity contribution is -0.119. The number of aliphatic hydroxyl groups excluding tert-OH is 1. The van der Waals surface area contributed by atoms with E-state index in [1.165, 1.54) is 0 Å². The molecule has 0 radical (unpaired) electrons. The molecule has 0 saturated carbocycles. The van der Waals surface area contributed by atoms with Gasteiger partial charge in [0.05, 0.1) is 34.4 Å². The highest BCUT2D eigenvalue weighted by molar-refractivity contribution is 9.10. The van der Waals surface area contributed by atoms with Crippen molar-refractivity contribution in [2.24, 2.45) is 0 Å². The molecule has 1 aliphatic rings. The fourth-order valence-electron chi connectivity index (χ4n) is 5.22. The number of aromatic nitrogens is 3. The van der Waals surface area contributed by atoms with Crippen LogP contribution in [0.3, 0.4) is 0 Å². The Kier molecular flexibility index (Phi) is 9.62. The molecule has 1 saturated heterocycles. The fraction of sp³-hybridized carbons (Fsp3) is 0.345. The van der Waals surface area contributed by atoms with Gasteiger partial charge in [0.25, 0.3) is 5.56 Å². The van der Waals surface area contributed by atoms with Crippen LogP contribution in [0, 0.1) is 6.92 Å². The molecule has 1 amide bonds. The van der Waals surface area contributed by atoms with E-state index < -0.39 is 6.10 Å². The molecule has 2 aromatic heterocycles. The Balaban J connectivity index is 0.00000387. The number of nitrogens with one attached hydrogen (secondary N) is 4. The Morgan fingerprint density at radius 2 is 2.00 bits per heavy atom. The number of carbonyl (C=O) groups excluding carboxylic acids is 1. The van der Waals surface area contributed by atoms with Crippen LogP contribution >= 0.6 is 28.3 Å². The van der Waals surface area contributed by atoms with Gasteiger partial charge in [0.1, 0.15) is 17.1 Å². The minimum absolute atomic E-state index is 0. The van der Waals surface area contributed by atoms with Crippen molar-refractivity contribution in [3.8, 4) is 17.1 Å². The molecule has 5 rings (SSSR count). The summed E-state index contributed by atoms with van der Waals surface area (Å²) in [7, 11) is 1.59. The lowest BCUT2D eigenvalue weighted by Crippen LogP contribution is -2.44. The first-order valence-corrected chi connectivity index (χ1v) is 14.0. The highest BCUT2D eigenvalue weighted by atomic mass is 79.9. The first-order chi connectivity index (χ1) is 19.2. The lowest BCUT2D eigenvalue weighted by Gasteiger charge is -2.34. The average molecular weight is 646 g/mol. The topological polar surface area (TPSA) is 135 Å².